The second-order valence-electron chi connectivity index (χ2n) is 6.14. The molecule has 18 heavy (non-hydrogen) atoms. The smallest absolute Gasteiger partial charge is 0.303 e. The minimum Gasteiger partial charge on any atom is -0.481 e. The third-order valence-corrected chi connectivity index (χ3v) is 5.11. The number of hydrogen-bond donors (Lipinski definition) is 2. The predicted molar refractivity (Wildman–Crippen MR) is 70.0 cm³/mol. The summed E-state index contributed by atoms with van der Waals surface area (Å²) in [5, 5.41) is 9.05. The summed E-state index contributed by atoms with van der Waals surface area (Å²) in [6.07, 6.45) is 10.8. The van der Waals surface area contributed by atoms with E-state index < -0.39 is 5.97 Å². The maximum Gasteiger partial charge on any atom is 0.303 e. The number of fused-ring (bicyclic) bond motifs is 1. The minimum absolute atomic E-state index is 0.155. The van der Waals surface area contributed by atoms with Crippen LogP contribution in [-0.4, -0.2) is 17.6 Å². The van der Waals surface area contributed by atoms with Crippen LogP contribution in [-0.2, 0) is 4.79 Å². The molecule has 0 heterocycles. The van der Waals surface area contributed by atoms with E-state index in [1.807, 2.05) is 0 Å². The fourth-order valence-corrected chi connectivity index (χ4v) is 4.19. The Kier molecular flexibility index (Phi) is 2.81. The van der Waals surface area contributed by atoms with Crippen molar-refractivity contribution >= 4 is 5.97 Å². The SMILES string of the molecule is NC[C@]1(CC(=O)O)C[C@H]2CC(C3=CCCC3)=C[C@H]21. The van der Waals surface area contributed by atoms with Gasteiger partial charge in [0.05, 0.1) is 6.42 Å². The minimum atomic E-state index is -0.708. The lowest BCUT2D eigenvalue weighted by Gasteiger charge is -2.51. The van der Waals surface area contributed by atoms with Gasteiger partial charge in [-0.1, -0.05) is 12.2 Å². The summed E-state index contributed by atoms with van der Waals surface area (Å²) >= 11 is 0. The lowest BCUT2D eigenvalue weighted by molar-refractivity contribution is -0.144. The van der Waals surface area contributed by atoms with E-state index in [9.17, 15) is 4.79 Å². The second-order valence-corrected chi connectivity index (χ2v) is 6.14. The lowest BCUT2D eigenvalue weighted by atomic mass is 9.53. The van der Waals surface area contributed by atoms with Crippen LogP contribution >= 0.6 is 0 Å². The van der Waals surface area contributed by atoms with Crippen LogP contribution in [0.3, 0.4) is 0 Å². The highest BCUT2D eigenvalue weighted by Gasteiger charge is 2.55. The van der Waals surface area contributed by atoms with Crippen LogP contribution in [0.4, 0.5) is 0 Å². The summed E-state index contributed by atoms with van der Waals surface area (Å²) in [5.74, 6) is 0.361. The molecular weight excluding hydrogens is 226 g/mol. The molecule has 3 atom stereocenters. The van der Waals surface area contributed by atoms with Crippen LogP contribution in [0.2, 0.25) is 0 Å². The van der Waals surface area contributed by atoms with Gasteiger partial charge in [-0.25, -0.2) is 0 Å². The number of carbonyl (C=O) groups is 1. The van der Waals surface area contributed by atoms with Crippen LogP contribution in [0.15, 0.2) is 23.3 Å². The molecule has 0 bridgehead atoms. The first-order valence-electron chi connectivity index (χ1n) is 6.96. The van der Waals surface area contributed by atoms with Gasteiger partial charge in [0.1, 0.15) is 0 Å². The standard InChI is InChI=1S/C15H21NO2/c16-9-15(8-14(17)18)7-12-5-11(6-13(12)15)10-3-1-2-4-10/h3,6,12-13H,1-2,4-5,7-9,16H2,(H,17,18)/t12-,13-,15-/m1/s1. The Balaban J connectivity index is 1.78. The summed E-state index contributed by atoms with van der Waals surface area (Å²) in [5.41, 5.74) is 8.72. The molecule has 0 saturated heterocycles. The van der Waals surface area contributed by atoms with E-state index in [2.05, 4.69) is 12.2 Å². The molecule has 98 valence electrons. The monoisotopic (exact) mass is 247 g/mol. The Morgan fingerprint density at radius 2 is 2.33 bits per heavy atom. The van der Waals surface area contributed by atoms with E-state index in [1.54, 1.807) is 0 Å². The molecule has 0 aromatic carbocycles. The fraction of sp³-hybridized carbons (Fsp3) is 0.667. The van der Waals surface area contributed by atoms with E-state index in [0.29, 0.717) is 18.4 Å². The van der Waals surface area contributed by atoms with E-state index in [4.69, 9.17) is 10.8 Å². The Bertz CT molecular complexity index is 438. The molecule has 1 fully saturated rings. The van der Waals surface area contributed by atoms with Crippen molar-refractivity contribution < 1.29 is 9.90 Å². The van der Waals surface area contributed by atoms with Crippen LogP contribution in [0.5, 0.6) is 0 Å². The normalized spacial score (nSPS) is 37.8. The summed E-state index contributed by atoms with van der Waals surface area (Å²) < 4.78 is 0. The first-order valence-corrected chi connectivity index (χ1v) is 6.96. The molecule has 0 radical (unpaired) electrons. The van der Waals surface area contributed by atoms with Crippen molar-refractivity contribution in [1.29, 1.82) is 0 Å². The van der Waals surface area contributed by atoms with E-state index in [-0.39, 0.29) is 11.8 Å². The molecule has 3 aliphatic rings. The molecule has 3 aliphatic carbocycles. The number of nitrogens with two attached hydrogens (primary N) is 1. The lowest BCUT2D eigenvalue weighted by Crippen LogP contribution is -2.51. The molecule has 3 nitrogen and oxygen atoms in total. The molecule has 3 N–H and O–H groups in total. The van der Waals surface area contributed by atoms with Gasteiger partial charge < -0.3 is 10.8 Å². The maximum atomic E-state index is 11.0. The number of carboxylic acids is 1. The largest absolute Gasteiger partial charge is 0.481 e. The first kappa shape index (κ1) is 12.0. The molecule has 0 aliphatic heterocycles. The van der Waals surface area contributed by atoms with E-state index in [1.165, 1.54) is 30.4 Å². The maximum absolute atomic E-state index is 11.0. The topological polar surface area (TPSA) is 63.3 Å². The molecular formula is C15H21NO2. The van der Waals surface area contributed by atoms with Gasteiger partial charge in [-0.15, -0.1) is 0 Å². The quantitative estimate of drug-likeness (QED) is 0.802. The first-order chi connectivity index (χ1) is 8.64. The van der Waals surface area contributed by atoms with Crippen molar-refractivity contribution in [2.24, 2.45) is 23.0 Å². The predicted octanol–water partition coefficient (Wildman–Crippen LogP) is 2.48. The average molecular weight is 247 g/mol. The number of hydrogen-bond acceptors (Lipinski definition) is 2. The molecule has 0 aromatic rings. The van der Waals surface area contributed by atoms with E-state index in [0.717, 1.165) is 12.8 Å². The Labute approximate surface area is 108 Å². The van der Waals surface area contributed by atoms with Crippen molar-refractivity contribution in [3.8, 4) is 0 Å². The molecule has 0 spiro atoms. The van der Waals surface area contributed by atoms with E-state index >= 15 is 0 Å². The zero-order valence-corrected chi connectivity index (χ0v) is 10.7. The van der Waals surface area contributed by atoms with Crippen LogP contribution < -0.4 is 5.73 Å². The van der Waals surface area contributed by atoms with Crippen molar-refractivity contribution in [2.75, 3.05) is 6.54 Å². The van der Waals surface area contributed by atoms with Crippen LogP contribution in [0.25, 0.3) is 0 Å². The van der Waals surface area contributed by atoms with Crippen molar-refractivity contribution in [3.63, 3.8) is 0 Å². The average Bonchev–Trinajstić information content (AvgIpc) is 2.93. The Morgan fingerprint density at radius 3 is 2.94 bits per heavy atom. The fourth-order valence-electron chi connectivity index (χ4n) is 4.19. The molecule has 0 amide bonds. The number of allylic oxidation sites excluding steroid dienone is 4. The summed E-state index contributed by atoms with van der Waals surface area (Å²) in [7, 11) is 0. The third kappa shape index (κ3) is 1.72. The highest BCUT2D eigenvalue weighted by Crippen LogP contribution is 2.60. The van der Waals surface area contributed by atoms with Crippen molar-refractivity contribution in [3.05, 3.63) is 23.3 Å². The van der Waals surface area contributed by atoms with Gasteiger partial charge in [0.25, 0.3) is 0 Å². The molecule has 0 unspecified atom stereocenters. The molecule has 3 rings (SSSR count). The zero-order valence-electron chi connectivity index (χ0n) is 10.7. The zero-order chi connectivity index (χ0) is 12.8. The summed E-state index contributed by atoms with van der Waals surface area (Å²) in [4.78, 5) is 11.0. The van der Waals surface area contributed by atoms with Gasteiger partial charge in [0, 0.05) is 0 Å². The van der Waals surface area contributed by atoms with Gasteiger partial charge >= 0.3 is 5.97 Å². The molecule has 3 heteroatoms. The number of aliphatic carboxylic acids is 1. The van der Waals surface area contributed by atoms with Gasteiger partial charge in [-0.2, -0.15) is 0 Å². The highest BCUT2D eigenvalue weighted by molar-refractivity contribution is 5.68. The van der Waals surface area contributed by atoms with Crippen molar-refractivity contribution in [1.82, 2.24) is 0 Å². The van der Waals surface area contributed by atoms with Crippen LogP contribution in [0, 0.1) is 17.3 Å². The second kappa shape index (κ2) is 4.23. The Morgan fingerprint density at radius 1 is 1.50 bits per heavy atom. The highest BCUT2D eigenvalue weighted by atomic mass is 16.4. The third-order valence-electron chi connectivity index (χ3n) is 5.11. The van der Waals surface area contributed by atoms with Crippen molar-refractivity contribution in [2.45, 2.75) is 38.5 Å². The number of carboxylic acid groups (broad SMARTS) is 1. The summed E-state index contributed by atoms with van der Waals surface area (Å²) in [6.45, 7) is 0.503. The van der Waals surface area contributed by atoms with Crippen LogP contribution in [0.1, 0.15) is 38.5 Å². The summed E-state index contributed by atoms with van der Waals surface area (Å²) in [6, 6.07) is 0. The van der Waals surface area contributed by atoms with Gasteiger partial charge in [0.15, 0.2) is 0 Å². The number of rotatable bonds is 4. The molecule has 0 aromatic heterocycles. The van der Waals surface area contributed by atoms with Gasteiger partial charge in [0.2, 0.25) is 0 Å². The Hall–Kier alpha value is -1.09. The van der Waals surface area contributed by atoms with Gasteiger partial charge in [-0.3, -0.25) is 4.79 Å². The van der Waals surface area contributed by atoms with Gasteiger partial charge in [-0.05, 0) is 67.0 Å². The molecule has 1 saturated carbocycles.